The molecular weight excluding hydrogens is 481 g/mol. The van der Waals surface area contributed by atoms with Crippen molar-refractivity contribution in [1.29, 1.82) is 0 Å². The highest BCUT2D eigenvalue weighted by atomic mass is 127. The van der Waals surface area contributed by atoms with Crippen LogP contribution in [0.5, 0.6) is 11.5 Å². The Morgan fingerprint density at radius 1 is 1.00 bits per heavy atom. The largest absolute Gasteiger partial charge is 0.454 e. The minimum absolute atomic E-state index is 0. The van der Waals surface area contributed by atoms with Crippen molar-refractivity contribution in [2.45, 2.75) is 33.2 Å². The molecule has 3 rings (SSSR count). The molecule has 0 spiro atoms. The number of rotatable bonds is 9. The van der Waals surface area contributed by atoms with Crippen molar-refractivity contribution in [1.82, 2.24) is 20.4 Å². The molecule has 0 radical (unpaired) electrons. The Labute approximate surface area is 192 Å². The quantitative estimate of drug-likeness (QED) is 0.227. The molecule has 0 unspecified atom stereocenters. The summed E-state index contributed by atoms with van der Waals surface area (Å²) >= 11 is 0. The van der Waals surface area contributed by atoms with Gasteiger partial charge in [-0.2, -0.15) is 0 Å². The Kier molecular flexibility index (Phi) is 10.9. The summed E-state index contributed by atoms with van der Waals surface area (Å²) in [6.45, 7) is 14.3. The van der Waals surface area contributed by atoms with Crippen molar-refractivity contribution in [3.63, 3.8) is 0 Å². The van der Waals surface area contributed by atoms with E-state index in [4.69, 9.17) is 14.5 Å². The number of ether oxygens (including phenoxy) is 2. The second kappa shape index (κ2) is 13.1. The molecule has 1 aromatic rings. The lowest BCUT2D eigenvalue weighted by Crippen LogP contribution is -2.46. The van der Waals surface area contributed by atoms with Gasteiger partial charge in [0.05, 0.1) is 6.54 Å². The van der Waals surface area contributed by atoms with E-state index in [0.717, 1.165) is 42.5 Å². The fourth-order valence-electron chi connectivity index (χ4n) is 3.55. The van der Waals surface area contributed by atoms with Gasteiger partial charge >= 0.3 is 0 Å². The summed E-state index contributed by atoms with van der Waals surface area (Å²) in [5, 5.41) is 6.78. The van der Waals surface area contributed by atoms with Gasteiger partial charge in [0, 0.05) is 39.3 Å². The van der Waals surface area contributed by atoms with Gasteiger partial charge in [0.15, 0.2) is 17.5 Å². The number of hydrogen-bond acceptors (Lipinski definition) is 5. The van der Waals surface area contributed by atoms with Gasteiger partial charge in [-0.1, -0.05) is 13.0 Å². The summed E-state index contributed by atoms with van der Waals surface area (Å²) in [6, 6.07) is 6.00. The van der Waals surface area contributed by atoms with Crippen LogP contribution >= 0.6 is 24.0 Å². The Bertz CT molecular complexity index is 635. The van der Waals surface area contributed by atoms with E-state index in [9.17, 15) is 0 Å². The van der Waals surface area contributed by atoms with E-state index in [1.54, 1.807) is 0 Å². The van der Waals surface area contributed by atoms with Crippen LogP contribution in [0.2, 0.25) is 0 Å². The van der Waals surface area contributed by atoms with Crippen LogP contribution in [0.3, 0.4) is 0 Å². The van der Waals surface area contributed by atoms with Crippen LogP contribution in [0.15, 0.2) is 23.2 Å². The third-order valence-corrected chi connectivity index (χ3v) is 5.31. The molecule has 0 amide bonds. The molecule has 0 saturated carbocycles. The molecule has 0 atom stereocenters. The van der Waals surface area contributed by atoms with E-state index in [-0.39, 0.29) is 24.0 Å². The summed E-state index contributed by atoms with van der Waals surface area (Å²) < 4.78 is 10.8. The first-order chi connectivity index (χ1) is 13.8. The molecule has 1 aromatic carbocycles. The number of fused-ring (bicyclic) bond motifs is 1. The summed E-state index contributed by atoms with van der Waals surface area (Å²) in [5.74, 6) is 2.50. The minimum Gasteiger partial charge on any atom is -0.454 e. The van der Waals surface area contributed by atoms with Gasteiger partial charge in [0.25, 0.3) is 0 Å². The monoisotopic (exact) mass is 517 g/mol. The van der Waals surface area contributed by atoms with Crippen molar-refractivity contribution in [2.75, 3.05) is 59.2 Å². The van der Waals surface area contributed by atoms with Gasteiger partial charge in [-0.25, -0.2) is 4.99 Å². The number of unbranched alkanes of at least 4 members (excludes halogenated alkanes) is 1. The van der Waals surface area contributed by atoms with Gasteiger partial charge in [-0.15, -0.1) is 24.0 Å². The van der Waals surface area contributed by atoms with E-state index in [2.05, 4.69) is 34.3 Å². The van der Waals surface area contributed by atoms with Gasteiger partial charge < -0.3 is 29.9 Å². The normalized spacial score (nSPS) is 17.1. The van der Waals surface area contributed by atoms with E-state index in [1.165, 1.54) is 45.7 Å². The standard InChI is InChI=1S/C21H35N5O2.HI/c1-3-22-21(24-16-18-7-8-19-20(15-18)28-17-27-19)23-9-5-6-10-26-13-11-25(4-2)12-14-26;/h7-8,15H,3-6,9-14,16-17H2,1-2H3,(H2,22,23,24);1H. The second-order valence-electron chi connectivity index (χ2n) is 7.29. The molecule has 2 N–H and O–H groups in total. The number of hydrogen-bond donors (Lipinski definition) is 2. The Balaban J connectivity index is 0.00000300. The molecule has 29 heavy (non-hydrogen) atoms. The average molecular weight is 517 g/mol. The zero-order valence-electron chi connectivity index (χ0n) is 17.8. The van der Waals surface area contributed by atoms with Gasteiger partial charge in [-0.3, -0.25) is 0 Å². The van der Waals surface area contributed by atoms with Crippen LogP contribution in [0.1, 0.15) is 32.3 Å². The highest BCUT2D eigenvalue weighted by Gasteiger charge is 2.15. The number of guanidine groups is 1. The van der Waals surface area contributed by atoms with Crippen molar-refractivity contribution in [2.24, 2.45) is 4.99 Å². The average Bonchev–Trinajstić information content (AvgIpc) is 3.20. The third kappa shape index (κ3) is 7.82. The van der Waals surface area contributed by atoms with Crippen LogP contribution in [-0.4, -0.2) is 74.9 Å². The van der Waals surface area contributed by atoms with Crippen molar-refractivity contribution < 1.29 is 9.47 Å². The second-order valence-corrected chi connectivity index (χ2v) is 7.29. The molecule has 2 aliphatic rings. The first kappa shape index (κ1) is 24.0. The predicted molar refractivity (Wildman–Crippen MR) is 129 cm³/mol. The molecule has 7 nitrogen and oxygen atoms in total. The summed E-state index contributed by atoms with van der Waals surface area (Å²) in [6.07, 6.45) is 2.38. The Morgan fingerprint density at radius 2 is 1.76 bits per heavy atom. The summed E-state index contributed by atoms with van der Waals surface area (Å²) in [7, 11) is 0. The zero-order valence-corrected chi connectivity index (χ0v) is 20.1. The fraction of sp³-hybridized carbons (Fsp3) is 0.667. The van der Waals surface area contributed by atoms with Gasteiger partial charge in [0.1, 0.15) is 0 Å². The number of halogens is 1. The molecular formula is C21H36IN5O2. The molecule has 0 aromatic heterocycles. The maximum Gasteiger partial charge on any atom is 0.231 e. The minimum atomic E-state index is 0. The van der Waals surface area contributed by atoms with Crippen molar-refractivity contribution >= 4 is 29.9 Å². The molecule has 2 heterocycles. The number of nitrogens with zero attached hydrogens (tertiary/aromatic N) is 3. The van der Waals surface area contributed by atoms with Crippen LogP contribution < -0.4 is 20.1 Å². The Morgan fingerprint density at radius 3 is 2.52 bits per heavy atom. The lowest BCUT2D eigenvalue weighted by atomic mass is 10.2. The van der Waals surface area contributed by atoms with Crippen LogP contribution in [0, 0.1) is 0 Å². The number of benzene rings is 1. The van der Waals surface area contributed by atoms with Crippen molar-refractivity contribution in [3.05, 3.63) is 23.8 Å². The molecule has 2 aliphatic heterocycles. The topological polar surface area (TPSA) is 61.4 Å². The maximum absolute atomic E-state index is 5.44. The number of nitrogens with one attached hydrogen (secondary N) is 2. The number of piperazine rings is 1. The fourth-order valence-corrected chi connectivity index (χ4v) is 3.55. The molecule has 1 fully saturated rings. The third-order valence-electron chi connectivity index (χ3n) is 5.31. The first-order valence-electron chi connectivity index (χ1n) is 10.6. The van der Waals surface area contributed by atoms with Crippen LogP contribution in [0.4, 0.5) is 0 Å². The lowest BCUT2D eigenvalue weighted by Gasteiger charge is -2.34. The molecule has 0 bridgehead atoms. The molecule has 164 valence electrons. The highest BCUT2D eigenvalue weighted by molar-refractivity contribution is 14.0. The molecule has 0 aliphatic carbocycles. The van der Waals surface area contributed by atoms with E-state index >= 15 is 0 Å². The van der Waals surface area contributed by atoms with Crippen LogP contribution in [0.25, 0.3) is 0 Å². The van der Waals surface area contributed by atoms with E-state index < -0.39 is 0 Å². The summed E-state index contributed by atoms with van der Waals surface area (Å²) in [4.78, 5) is 9.81. The maximum atomic E-state index is 5.44. The lowest BCUT2D eigenvalue weighted by molar-refractivity contribution is 0.136. The van der Waals surface area contributed by atoms with Crippen molar-refractivity contribution in [3.8, 4) is 11.5 Å². The highest BCUT2D eigenvalue weighted by Crippen LogP contribution is 2.32. The van der Waals surface area contributed by atoms with E-state index in [1.807, 2.05) is 18.2 Å². The van der Waals surface area contributed by atoms with Gasteiger partial charge in [0.2, 0.25) is 6.79 Å². The zero-order chi connectivity index (χ0) is 19.6. The van der Waals surface area contributed by atoms with Crippen LogP contribution in [-0.2, 0) is 6.54 Å². The Hall–Kier alpha value is -1.26. The summed E-state index contributed by atoms with van der Waals surface area (Å²) in [5.41, 5.74) is 1.12. The smallest absolute Gasteiger partial charge is 0.231 e. The predicted octanol–water partition coefficient (Wildman–Crippen LogP) is 2.51. The molecule has 1 saturated heterocycles. The molecule has 8 heteroatoms. The number of aliphatic imine (C=N–C) groups is 1. The first-order valence-corrected chi connectivity index (χ1v) is 10.6. The van der Waals surface area contributed by atoms with Gasteiger partial charge in [-0.05, 0) is 50.6 Å². The SMILES string of the molecule is CCNC(=NCc1ccc2c(c1)OCO2)NCCCCN1CCN(CC)CC1.I. The van der Waals surface area contributed by atoms with E-state index in [0.29, 0.717) is 13.3 Å². The number of likely N-dealkylation sites (N-methyl/N-ethyl adjacent to an activating group) is 1.